The average molecular weight is 485 g/mol. The number of halogens is 2. The molecule has 2 aromatic carbocycles. The Morgan fingerprint density at radius 3 is 2.62 bits per heavy atom. The molecule has 0 aliphatic heterocycles. The zero-order chi connectivity index (χ0) is 24.5. The minimum atomic E-state index is -0.356. The topological polar surface area (TPSA) is 74.6 Å². The molecule has 178 valence electrons. The van der Waals surface area contributed by atoms with Crippen molar-refractivity contribution in [1.29, 1.82) is 0 Å². The summed E-state index contributed by atoms with van der Waals surface area (Å²) in [5.41, 5.74) is 1.38. The van der Waals surface area contributed by atoms with Gasteiger partial charge in [0.2, 0.25) is 16.0 Å². The number of benzene rings is 2. The van der Waals surface area contributed by atoms with E-state index < -0.39 is 0 Å². The number of hydrogen-bond acceptors (Lipinski definition) is 6. The lowest BCUT2D eigenvalue weighted by atomic mass is 10.1. The number of anilines is 2. The van der Waals surface area contributed by atoms with Gasteiger partial charge in [-0.3, -0.25) is 4.79 Å². The van der Waals surface area contributed by atoms with Crippen molar-refractivity contribution in [3.63, 3.8) is 0 Å². The molecule has 7 nitrogen and oxygen atoms in total. The second-order valence-electron chi connectivity index (χ2n) is 9.00. The Kier molecular flexibility index (Phi) is 6.52. The van der Waals surface area contributed by atoms with Gasteiger partial charge in [0.15, 0.2) is 5.82 Å². The first-order chi connectivity index (χ1) is 16.1. The van der Waals surface area contributed by atoms with Crippen LogP contribution < -0.4 is 15.5 Å². The molecule has 1 amide bonds. The van der Waals surface area contributed by atoms with Crippen LogP contribution in [-0.4, -0.2) is 39.6 Å². The number of aromatic nitrogens is 3. The van der Waals surface area contributed by atoms with Crippen LogP contribution in [-0.2, 0) is 11.3 Å². The third-order valence-corrected chi connectivity index (χ3v) is 5.95. The first-order valence-electron chi connectivity index (χ1n) is 10.8. The molecular formula is C24H26F2N6OS. The largest absolute Gasteiger partial charge is 0.364 e. The third kappa shape index (κ3) is 5.33. The second kappa shape index (κ2) is 9.38. The van der Waals surface area contributed by atoms with Crippen LogP contribution in [0.2, 0.25) is 0 Å². The molecule has 0 radical (unpaired) electrons. The number of nitrogens with zero attached hydrogens (tertiary/aromatic N) is 4. The summed E-state index contributed by atoms with van der Waals surface area (Å²) >= 11 is 1.32. The van der Waals surface area contributed by atoms with E-state index in [2.05, 4.69) is 15.7 Å². The van der Waals surface area contributed by atoms with E-state index in [1.807, 2.05) is 20.8 Å². The quantitative estimate of drug-likeness (QED) is 0.398. The standard InChI is InChI=1S/C24H26F2N6OS/c1-24(2,3)29-21-20(15-9-7-10-17(25)12-15)28-22-32(21)30-23(34-22)31(4)14-19(33)27-13-16-8-5-6-11-18(16)26/h5-12,29H,13-14H2,1-4H3,(H,27,33). The molecule has 0 bridgehead atoms. The molecule has 0 aliphatic rings. The van der Waals surface area contributed by atoms with Gasteiger partial charge in [0.25, 0.3) is 0 Å². The second-order valence-corrected chi connectivity index (χ2v) is 9.93. The van der Waals surface area contributed by atoms with E-state index in [0.29, 0.717) is 32.7 Å². The molecule has 0 atom stereocenters. The fourth-order valence-electron chi connectivity index (χ4n) is 3.37. The van der Waals surface area contributed by atoms with E-state index in [1.165, 1.54) is 29.5 Å². The van der Waals surface area contributed by atoms with E-state index in [9.17, 15) is 13.6 Å². The number of amides is 1. The minimum Gasteiger partial charge on any atom is -0.364 e. The number of likely N-dealkylation sites (N-methyl/N-ethyl adjacent to an activating group) is 1. The van der Waals surface area contributed by atoms with Crippen LogP contribution in [0.4, 0.5) is 19.7 Å². The molecule has 2 heterocycles. The van der Waals surface area contributed by atoms with Gasteiger partial charge in [-0.15, -0.1) is 5.10 Å². The van der Waals surface area contributed by atoms with Crippen LogP contribution in [0.25, 0.3) is 16.2 Å². The normalized spacial score (nSPS) is 11.6. The molecule has 4 rings (SSSR count). The summed E-state index contributed by atoms with van der Waals surface area (Å²) in [6.07, 6.45) is 0. The van der Waals surface area contributed by atoms with Crippen LogP contribution in [0.1, 0.15) is 26.3 Å². The Labute approximate surface area is 200 Å². The van der Waals surface area contributed by atoms with Crippen LogP contribution in [0.15, 0.2) is 48.5 Å². The maximum Gasteiger partial charge on any atom is 0.239 e. The molecular weight excluding hydrogens is 458 g/mol. The summed E-state index contributed by atoms with van der Waals surface area (Å²) in [6.45, 7) is 6.20. The van der Waals surface area contributed by atoms with Gasteiger partial charge in [-0.05, 0) is 39.0 Å². The van der Waals surface area contributed by atoms with Gasteiger partial charge >= 0.3 is 0 Å². The number of rotatable bonds is 7. The van der Waals surface area contributed by atoms with Crippen molar-refractivity contribution in [2.24, 2.45) is 0 Å². The van der Waals surface area contributed by atoms with Gasteiger partial charge in [-0.25, -0.2) is 13.8 Å². The lowest BCUT2D eigenvalue weighted by Gasteiger charge is -2.22. The molecule has 2 N–H and O–H groups in total. The molecule has 0 saturated carbocycles. The van der Waals surface area contributed by atoms with E-state index in [0.717, 1.165) is 0 Å². The van der Waals surface area contributed by atoms with Gasteiger partial charge in [0.05, 0.1) is 6.54 Å². The van der Waals surface area contributed by atoms with E-state index >= 15 is 0 Å². The Morgan fingerprint density at radius 2 is 1.91 bits per heavy atom. The third-order valence-electron chi connectivity index (χ3n) is 4.93. The van der Waals surface area contributed by atoms with Gasteiger partial charge in [0, 0.05) is 30.3 Å². The monoisotopic (exact) mass is 484 g/mol. The van der Waals surface area contributed by atoms with Crippen LogP contribution in [0.5, 0.6) is 0 Å². The Hall–Kier alpha value is -3.53. The van der Waals surface area contributed by atoms with Crippen molar-refractivity contribution in [3.8, 4) is 11.3 Å². The summed E-state index contributed by atoms with van der Waals surface area (Å²) in [6, 6.07) is 12.6. The Morgan fingerprint density at radius 1 is 1.15 bits per heavy atom. The number of nitrogens with one attached hydrogen (secondary N) is 2. The number of hydrogen-bond donors (Lipinski definition) is 2. The summed E-state index contributed by atoms with van der Waals surface area (Å²) in [5.74, 6) is -0.310. The highest BCUT2D eigenvalue weighted by atomic mass is 32.1. The molecule has 0 aliphatic carbocycles. The highest BCUT2D eigenvalue weighted by Gasteiger charge is 2.23. The van der Waals surface area contributed by atoms with Gasteiger partial charge in [-0.1, -0.05) is 41.7 Å². The average Bonchev–Trinajstić information content (AvgIpc) is 3.32. The number of carbonyl (C=O) groups is 1. The number of fused-ring (bicyclic) bond motifs is 1. The molecule has 10 heteroatoms. The minimum absolute atomic E-state index is 0.0455. The van der Waals surface area contributed by atoms with Crippen molar-refractivity contribution >= 4 is 33.2 Å². The molecule has 4 aromatic rings. The smallest absolute Gasteiger partial charge is 0.239 e. The lowest BCUT2D eigenvalue weighted by Crippen LogP contribution is -2.35. The number of imidazole rings is 1. The summed E-state index contributed by atoms with van der Waals surface area (Å²) < 4.78 is 29.3. The van der Waals surface area contributed by atoms with Crippen LogP contribution in [0, 0.1) is 11.6 Å². The fraction of sp³-hybridized carbons (Fsp3) is 0.292. The Bertz CT molecular complexity index is 1330. The fourth-order valence-corrected chi connectivity index (χ4v) is 4.23. The maximum absolute atomic E-state index is 13.9. The van der Waals surface area contributed by atoms with E-state index in [1.54, 1.807) is 46.8 Å². The van der Waals surface area contributed by atoms with Gasteiger partial charge in [-0.2, -0.15) is 4.52 Å². The zero-order valence-electron chi connectivity index (χ0n) is 19.4. The molecule has 2 aromatic heterocycles. The molecule has 34 heavy (non-hydrogen) atoms. The van der Waals surface area contributed by atoms with E-state index in [-0.39, 0.29) is 36.2 Å². The zero-order valence-corrected chi connectivity index (χ0v) is 20.2. The highest BCUT2D eigenvalue weighted by molar-refractivity contribution is 7.20. The summed E-state index contributed by atoms with van der Waals surface area (Å²) in [4.78, 5) is 19.4. The lowest BCUT2D eigenvalue weighted by molar-refractivity contribution is -0.119. The van der Waals surface area contributed by atoms with Crippen LogP contribution >= 0.6 is 11.3 Å². The number of carbonyl (C=O) groups excluding carboxylic acids is 1. The highest BCUT2D eigenvalue weighted by Crippen LogP contribution is 2.34. The summed E-state index contributed by atoms with van der Waals surface area (Å²) in [5, 5.41) is 11.4. The van der Waals surface area contributed by atoms with Crippen molar-refractivity contribution in [1.82, 2.24) is 19.9 Å². The first-order valence-corrected chi connectivity index (χ1v) is 11.6. The first kappa shape index (κ1) is 23.6. The molecule has 0 saturated heterocycles. The predicted octanol–water partition coefficient (Wildman–Crippen LogP) is 4.70. The van der Waals surface area contributed by atoms with Crippen molar-refractivity contribution in [2.45, 2.75) is 32.9 Å². The van der Waals surface area contributed by atoms with E-state index in [4.69, 9.17) is 4.98 Å². The summed E-state index contributed by atoms with van der Waals surface area (Å²) in [7, 11) is 1.76. The molecule has 0 unspecified atom stereocenters. The van der Waals surface area contributed by atoms with Crippen molar-refractivity contribution < 1.29 is 13.6 Å². The SMILES string of the molecule is CN(CC(=O)NCc1ccccc1F)c1nn2c(NC(C)(C)C)c(-c3cccc(F)c3)nc2s1. The van der Waals surface area contributed by atoms with Gasteiger partial charge < -0.3 is 15.5 Å². The van der Waals surface area contributed by atoms with Crippen LogP contribution in [0.3, 0.4) is 0 Å². The maximum atomic E-state index is 13.9. The molecule has 0 fully saturated rings. The molecule has 0 spiro atoms. The van der Waals surface area contributed by atoms with Crippen molar-refractivity contribution in [2.75, 3.05) is 23.8 Å². The van der Waals surface area contributed by atoms with Gasteiger partial charge in [0.1, 0.15) is 17.3 Å². The predicted molar refractivity (Wildman–Crippen MR) is 131 cm³/mol. The van der Waals surface area contributed by atoms with Crippen molar-refractivity contribution in [3.05, 3.63) is 65.7 Å². The Balaban J connectivity index is 1.55.